The zero-order chi connectivity index (χ0) is 22.1. The van der Waals surface area contributed by atoms with Crippen LogP contribution in [0.1, 0.15) is 16.8 Å². The van der Waals surface area contributed by atoms with E-state index in [9.17, 15) is 4.79 Å². The summed E-state index contributed by atoms with van der Waals surface area (Å²) in [5, 5.41) is 4.37. The Bertz CT molecular complexity index is 1260. The summed E-state index contributed by atoms with van der Waals surface area (Å²) in [5.74, 6) is 1.09. The van der Waals surface area contributed by atoms with Crippen molar-refractivity contribution >= 4 is 53.1 Å². The van der Waals surface area contributed by atoms with Gasteiger partial charge in [-0.25, -0.2) is 4.98 Å². The van der Waals surface area contributed by atoms with Crippen LogP contribution in [0.3, 0.4) is 0 Å². The zero-order valence-corrected chi connectivity index (χ0v) is 20.2. The lowest BCUT2D eigenvalue weighted by Gasteiger charge is -2.17. The molecule has 0 aliphatic carbocycles. The number of rotatable bonds is 5. The Labute approximate surface area is 209 Å². The van der Waals surface area contributed by atoms with Crippen molar-refractivity contribution in [1.29, 1.82) is 0 Å². The normalized spacial score (nSPS) is 14.9. The number of carbonyl (C=O) groups excluding carboxylic acids is 1. The quantitative estimate of drug-likeness (QED) is 0.374. The van der Waals surface area contributed by atoms with E-state index >= 15 is 0 Å². The number of aromatic amines is 1. The van der Waals surface area contributed by atoms with Crippen molar-refractivity contribution < 1.29 is 9.53 Å². The van der Waals surface area contributed by atoms with Crippen molar-refractivity contribution in [3.8, 4) is 17.1 Å². The first kappa shape index (κ1) is 25.3. The molecule has 1 fully saturated rings. The maximum Gasteiger partial charge on any atom is 0.254 e. The van der Waals surface area contributed by atoms with Gasteiger partial charge in [0.05, 0.1) is 30.9 Å². The van der Waals surface area contributed by atoms with Gasteiger partial charge in [0, 0.05) is 35.6 Å². The number of halogens is 2. The summed E-state index contributed by atoms with van der Waals surface area (Å²) in [6.45, 7) is 1.26. The average Bonchev–Trinajstić information content (AvgIpc) is 3.45. The molecule has 34 heavy (non-hydrogen) atoms. The number of nitrogens with two attached hydrogens (primary N) is 1. The Morgan fingerprint density at radius 3 is 2.74 bits per heavy atom. The predicted molar refractivity (Wildman–Crippen MR) is 139 cm³/mol. The minimum Gasteiger partial charge on any atom is -0.495 e. The van der Waals surface area contributed by atoms with Gasteiger partial charge in [0.15, 0.2) is 0 Å². The second kappa shape index (κ2) is 10.7. The van der Waals surface area contributed by atoms with E-state index in [2.05, 4.69) is 26.3 Å². The van der Waals surface area contributed by atoms with Gasteiger partial charge in [-0.05, 0) is 36.8 Å². The van der Waals surface area contributed by atoms with Gasteiger partial charge in [0.25, 0.3) is 5.91 Å². The number of methoxy groups -OCH3 is 1. The third-order valence-corrected chi connectivity index (χ3v) is 5.66. The molecule has 178 valence electrons. The van der Waals surface area contributed by atoms with Gasteiger partial charge >= 0.3 is 0 Å². The maximum atomic E-state index is 12.8. The predicted octanol–water partition coefficient (Wildman–Crippen LogP) is 4.39. The van der Waals surface area contributed by atoms with Crippen LogP contribution in [0.15, 0.2) is 60.9 Å². The molecule has 3 heterocycles. The summed E-state index contributed by atoms with van der Waals surface area (Å²) >= 11 is 0. The number of likely N-dealkylation sites (tertiary alicyclic amines) is 1. The topological polar surface area (TPSA) is 109 Å². The fourth-order valence-electron chi connectivity index (χ4n) is 3.99. The van der Waals surface area contributed by atoms with Gasteiger partial charge in [-0.15, -0.1) is 24.8 Å². The van der Waals surface area contributed by atoms with Gasteiger partial charge in [-0.1, -0.05) is 18.2 Å². The molecular weight excluding hydrogens is 475 g/mol. The summed E-state index contributed by atoms with van der Waals surface area (Å²) in [7, 11) is 1.58. The summed E-state index contributed by atoms with van der Waals surface area (Å²) in [4.78, 5) is 26.9. The molecule has 1 saturated heterocycles. The summed E-state index contributed by atoms with van der Waals surface area (Å²) < 4.78 is 5.53. The number of ether oxygens (including phenoxy) is 1. The first-order chi connectivity index (χ1) is 15.6. The molecule has 0 radical (unpaired) electrons. The number of hydrogen-bond donors (Lipinski definition) is 3. The van der Waals surface area contributed by atoms with Crippen LogP contribution in [0.25, 0.3) is 22.3 Å². The van der Waals surface area contributed by atoms with Crippen LogP contribution in [0.4, 0.5) is 11.5 Å². The molecule has 8 nitrogen and oxygen atoms in total. The van der Waals surface area contributed by atoms with Crippen LogP contribution >= 0.6 is 24.8 Å². The molecule has 4 N–H and O–H groups in total. The molecule has 2 aromatic carbocycles. The van der Waals surface area contributed by atoms with E-state index in [1.54, 1.807) is 36.5 Å². The standard InChI is InChI=1S/C24H24N6O2.2ClH/c1-32-22-11-16(24(31)30-9-8-17(25)14-30)6-7-19(22)28-23-13-26-12-21(29-23)20-10-15-4-2-3-5-18(15)27-20;;/h2-7,10-13,17,27H,8-9,14,25H2,1H3,(H,28,29);2*1H/t17-;;/m1../s1. The Kier molecular flexibility index (Phi) is 7.98. The van der Waals surface area contributed by atoms with Crippen molar-refractivity contribution in [2.45, 2.75) is 12.5 Å². The summed E-state index contributed by atoms with van der Waals surface area (Å²) in [6.07, 6.45) is 4.19. The van der Waals surface area contributed by atoms with Crippen molar-refractivity contribution in [1.82, 2.24) is 19.9 Å². The van der Waals surface area contributed by atoms with Crippen LogP contribution in [0.5, 0.6) is 5.75 Å². The Morgan fingerprint density at radius 2 is 2.00 bits per heavy atom. The van der Waals surface area contributed by atoms with Crippen LogP contribution in [-0.2, 0) is 0 Å². The van der Waals surface area contributed by atoms with Crippen LogP contribution in [0.2, 0.25) is 0 Å². The molecule has 1 amide bonds. The SMILES string of the molecule is COc1cc(C(=O)N2CC[C@@H](N)C2)ccc1Nc1cncc(-c2cc3ccccc3[nH]2)n1.Cl.Cl. The zero-order valence-electron chi connectivity index (χ0n) is 18.5. The highest BCUT2D eigenvalue weighted by molar-refractivity contribution is 5.95. The highest BCUT2D eigenvalue weighted by atomic mass is 35.5. The lowest BCUT2D eigenvalue weighted by Crippen LogP contribution is -2.31. The van der Waals surface area contributed by atoms with Gasteiger partial charge in [-0.3, -0.25) is 9.78 Å². The number of nitrogens with one attached hydrogen (secondary N) is 2. The third kappa shape index (κ3) is 5.09. The van der Waals surface area contributed by atoms with E-state index in [-0.39, 0.29) is 36.8 Å². The van der Waals surface area contributed by atoms with Gasteiger partial charge in [0.2, 0.25) is 0 Å². The molecule has 4 aromatic rings. The smallest absolute Gasteiger partial charge is 0.254 e. The maximum absolute atomic E-state index is 12.8. The number of hydrogen-bond acceptors (Lipinski definition) is 6. The number of carbonyl (C=O) groups is 1. The van der Waals surface area contributed by atoms with Crippen LogP contribution in [-0.4, -0.2) is 52.0 Å². The van der Waals surface area contributed by atoms with Crippen LogP contribution in [0, 0.1) is 0 Å². The Hall–Kier alpha value is -3.33. The number of H-pyrrole nitrogens is 1. The molecule has 0 unspecified atom stereocenters. The highest BCUT2D eigenvalue weighted by Crippen LogP contribution is 2.30. The molecule has 1 atom stereocenters. The van der Waals surface area contributed by atoms with E-state index in [4.69, 9.17) is 10.5 Å². The lowest BCUT2D eigenvalue weighted by atomic mass is 10.1. The molecule has 10 heteroatoms. The second-order valence-electron chi connectivity index (χ2n) is 7.90. The minimum atomic E-state index is -0.0385. The lowest BCUT2D eigenvalue weighted by molar-refractivity contribution is 0.0790. The number of nitrogens with zero attached hydrogens (tertiary/aromatic N) is 3. The number of benzene rings is 2. The van der Waals surface area contributed by atoms with E-state index in [1.165, 1.54) is 0 Å². The molecule has 0 spiro atoms. The molecular formula is C24H26Cl2N6O2. The van der Waals surface area contributed by atoms with E-state index in [1.807, 2.05) is 30.3 Å². The number of anilines is 2. The molecule has 1 aliphatic heterocycles. The minimum absolute atomic E-state index is 0. The molecule has 0 saturated carbocycles. The highest BCUT2D eigenvalue weighted by Gasteiger charge is 2.25. The van der Waals surface area contributed by atoms with E-state index < -0.39 is 0 Å². The monoisotopic (exact) mass is 500 g/mol. The van der Waals surface area contributed by atoms with Crippen molar-refractivity contribution in [2.75, 3.05) is 25.5 Å². The Balaban J connectivity index is 0.00000162. The van der Waals surface area contributed by atoms with E-state index in [0.29, 0.717) is 35.9 Å². The number of fused-ring (bicyclic) bond motifs is 1. The van der Waals surface area contributed by atoms with Crippen LogP contribution < -0.4 is 15.8 Å². The van der Waals surface area contributed by atoms with E-state index in [0.717, 1.165) is 28.7 Å². The molecule has 2 aromatic heterocycles. The van der Waals surface area contributed by atoms with Crippen molar-refractivity contribution in [3.05, 3.63) is 66.5 Å². The molecule has 0 bridgehead atoms. The van der Waals surface area contributed by atoms with Gasteiger partial charge < -0.3 is 25.7 Å². The average molecular weight is 501 g/mol. The fraction of sp³-hybridized carbons (Fsp3) is 0.208. The van der Waals surface area contributed by atoms with Crippen molar-refractivity contribution in [2.24, 2.45) is 5.73 Å². The van der Waals surface area contributed by atoms with Gasteiger partial charge in [0.1, 0.15) is 17.3 Å². The molecule has 5 rings (SSSR count). The largest absolute Gasteiger partial charge is 0.495 e. The second-order valence-corrected chi connectivity index (χ2v) is 7.90. The third-order valence-electron chi connectivity index (χ3n) is 5.66. The molecule has 1 aliphatic rings. The van der Waals surface area contributed by atoms with Gasteiger partial charge in [-0.2, -0.15) is 0 Å². The summed E-state index contributed by atoms with van der Waals surface area (Å²) in [6, 6.07) is 15.5. The van der Waals surface area contributed by atoms with Crippen molar-refractivity contribution in [3.63, 3.8) is 0 Å². The number of amides is 1. The first-order valence-electron chi connectivity index (χ1n) is 10.5. The number of para-hydroxylation sites is 1. The summed E-state index contributed by atoms with van der Waals surface area (Å²) in [5.41, 5.74) is 9.87. The Morgan fingerprint density at radius 1 is 1.18 bits per heavy atom. The number of aromatic nitrogens is 3. The first-order valence-corrected chi connectivity index (χ1v) is 10.5. The fourth-order valence-corrected chi connectivity index (χ4v) is 3.99.